The van der Waals surface area contributed by atoms with E-state index in [-0.39, 0.29) is 0 Å². The molecule has 0 aromatic carbocycles. The van der Waals surface area contributed by atoms with E-state index in [0.717, 1.165) is 5.92 Å². The van der Waals surface area contributed by atoms with Gasteiger partial charge in [0.15, 0.2) is 0 Å². The van der Waals surface area contributed by atoms with E-state index >= 15 is 0 Å². The fraction of sp³-hybridized carbons (Fsp3) is 0.692. The molecule has 0 saturated carbocycles. The number of rotatable bonds is 1. The lowest BCUT2D eigenvalue weighted by Gasteiger charge is -2.27. The van der Waals surface area contributed by atoms with Gasteiger partial charge in [0.2, 0.25) is 0 Å². The molecule has 76 valence electrons. The smallest absolute Gasteiger partial charge is 0.0145 e. The fourth-order valence-corrected chi connectivity index (χ4v) is 1.99. The number of allylic oxidation sites excluding steroid dienone is 3. The van der Waals surface area contributed by atoms with Crippen LogP contribution in [0.15, 0.2) is 23.8 Å². The molecule has 0 aliphatic heterocycles. The van der Waals surface area contributed by atoms with Crippen molar-refractivity contribution in [2.24, 2.45) is 11.8 Å². The first-order valence-corrected chi connectivity index (χ1v) is 5.44. The maximum atomic E-state index is 4.02. The van der Waals surface area contributed by atoms with E-state index in [9.17, 15) is 0 Å². The predicted octanol–water partition coefficient (Wildman–Crippen LogP) is 4.58. The van der Waals surface area contributed by atoms with Crippen LogP contribution in [0.4, 0.5) is 0 Å². The van der Waals surface area contributed by atoms with E-state index < -0.39 is 0 Å². The fourth-order valence-electron chi connectivity index (χ4n) is 1.99. The number of hydrogen-bond acceptors (Lipinski definition) is 0. The average molecular weight is 180 g/mol. The van der Waals surface area contributed by atoms with Crippen molar-refractivity contribution in [2.75, 3.05) is 0 Å². The van der Waals surface area contributed by atoms with Gasteiger partial charge in [-0.1, -0.05) is 44.6 Å². The van der Waals surface area contributed by atoms with Gasteiger partial charge >= 0.3 is 0 Å². The molecule has 2 unspecified atom stereocenters. The highest BCUT2D eigenvalue weighted by atomic mass is 14.2. The van der Waals surface area contributed by atoms with Crippen molar-refractivity contribution in [1.82, 2.24) is 0 Å². The molecule has 2 atom stereocenters. The van der Waals surface area contributed by atoms with Crippen molar-refractivity contribution in [3.05, 3.63) is 23.8 Å². The van der Waals surface area contributed by atoms with Gasteiger partial charge in [-0.05, 0) is 38.5 Å². The van der Waals surface area contributed by atoms with Crippen molar-refractivity contribution < 1.29 is 0 Å². The highest BCUT2D eigenvalue weighted by Gasteiger charge is 2.19. The van der Waals surface area contributed by atoms with Crippen molar-refractivity contribution in [2.45, 2.75) is 47.5 Å². The second-order valence-corrected chi connectivity index (χ2v) is 3.86. The largest absolute Gasteiger partial charge is 0.0998 e. The molecule has 1 aliphatic carbocycles. The maximum Gasteiger partial charge on any atom is -0.0145 e. The molecule has 13 heavy (non-hydrogen) atoms. The minimum absolute atomic E-state index is 0.709. The van der Waals surface area contributed by atoms with Crippen LogP contribution in [0.3, 0.4) is 0 Å². The zero-order valence-electron chi connectivity index (χ0n) is 9.85. The van der Waals surface area contributed by atoms with E-state index in [1.54, 1.807) is 5.57 Å². The lowest BCUT2D eigenvalue weighted by molar-refractivity contribution is 0.428. The van der Waals surface area contributed by atoms with Crippen LogP contribution in [0.5, 0.6) is 0 Å². The topological polar surface area (TPSA) is 0 Å². The van der Waals surface area contributed by atoms with Gasteiger partial charge in [-0.25, -0.2) is 0 Å². The molecule has 0 heteroatoms. The lowest BCUT2D eigenvalue weighted by Crippen LogP contribution is -2.15. The van der Waals surface area contributed by atoms with Crippen LogP contribution in [-0.2, 0) is 0 Å². The average Bonchev–Trinajstić information content (AvgIpc) is 2.07. The Balaban J connectivity index is 0.000000671. The molecule has 0 saturated heterocycles. The summed E-state index contributed by atoms with van der Waals surface area (Å²) in [6, 6.07) is 0. The molecular weight excluding hydrogens is 156 g/mol. The monoisotopic (exact) mass is 180 g/mol. The summed E-state index contributed by atoms with van der Waals surface area (Å²) in [5.41, 5.74) is 2.90. The van der Waals surface area contributed by atoms with Gasteiger partial charge in [-0.3, -0.25) is 0 Å². The summed E-state index contributed by atoms with van der Waals surface area (Å²) < 4.78 is 0. The third-order valence-electron chi connectivity index (χ3n) is 2.66. The highest BCUT2D eigenvalue weighted by molar-refractivity contribution is 5.12. The first-order valence-electron chi connectivity index (χ1n) is 5.44. The Labute approximate surface area is 83.7 Å². The van der Waals surface area contributed by atoms with Crippen LogP contribution >= 0.6 is 0 Å². The molecule has 0 aromatic rings. The molecule has 0 aromatic heterocycles. The second kappa shape index (κ2) is 6.01. The van der Waals surface area contributed by atoms with Gasteiger partial charge in [-0.15, -0.1) is 0 Å². The van der Waals surface area contributed by atoms with Crippen LogP contribution in [0, 0.1) is 11.8 Å². The van der Waals surface area contributed by atoms with Crippen molar-refractivity contribution in [3.63, 3.8) is 0 Å². The molecular formula is C13H24. The van der Waals surface area contributed by atoms with Gasteiger partial charge in [0, 0.05) is 0 Å². The third-order valence-corrected chi connectivity index (χ3v) is 2.66. The second-order valence-electron chi connectivity index (χ2n) is 3.86. The molecule has 0 heterocycles. The van der Waals surface area contributed by atoms with E-state index in [1.165, 1.54) is 18.4 Å². The van der Waals surface area contributed by atoms with Crippen LogP contribution in [0.25, 0.3) is 0 Å². The molecule has 1 rings (SSSR count). The standard InChI is InChI=1S/C11H18.C2H6/c1-8(2)11-6-5-9(3)7-10(11)4;1-2/h7,10-11H,1,5-6H2,2-4H3;1-2H3. The summed E-state index contributed by atoms with van der Waals surface area (Å²) in [6.07, 6.45) is 4.96. The van der Waals surface area contributed by atoms with Crippen LogP contribution in [0.1, 0.15) is 47.5 Å². The summed E-state index contributed by atoms with van der Waals surface area (Å²) >= 11 is 0. The Morgan fingerprint density at radius 2 is 2.00 bits per heavy atom. The van der Waals surface area contributed by atoms with E-state index in [2.05, 4.69) is 33.4 Å². The normalized spacial score (nSPS) is 27.0. The van der Waals surface area contributed by atoms with Crippen molar-refractivity contribution in [1.29, 1.82) is 0 Å². The Morgan fingerprint density at radius 1 is 1.46 bits per heavy atom. The van der Waals surface area contributed by atoms with E-state index in [4.69, 9.17) is 0 Å². The molecule has 0 nitrogen and oxygen atoms in total. The van der Waals surface area contributed by atoms with E-state index in [1.807, 2.05) is 13.8 Å². The van der Waals surface area contributed by atoms with Crippen LogP contribution < -0.4 is 0 Å². The van der Waals surface area contributed by atoms with Crippen molar-refractivity contribution in [3.8, 4) is 0 Å². The Hall–Kier alpha value is -0.520. The zero-order chi connectivity index (χ0) is 10.4. The predicted molar refractivity (Wildman–Crippen MR) is 61.8 cm³/mol. The van der Waals surface area contributed by atoms with Gasteiger partial charge in [-0.2, -0.15) is 0 Å². The summed E-state index contributed by atoms with van der Waals surface area (Å²) in [6.45, 7) is 14.7. The van der Waals surface area contributed by atoms with Crippen LogP contribution in [0.2, 0.25) is 0 Å². The Bertz CT molecular complexity index is 186. The summed E-state index contributed by atoms with van der Waals surface area (Å²) in [5, 5.41) is 0. The van der Waals surface area contributed by atoms with Crippen molar-refractivity contribution >= 4 is 0 Å². The SMILES string of the molecule is C=C(C)C1CCC(C)=CC1C.CC. The Kier molecular flexibility index (Phi) is 5.77. The van der Waals surface area contributed by atoms with Gasteiger partial charge in [0.25, 0.3) is 0 Å². The Morgan fingerprint density at radius 3 is 2.38 bits per heavy atom. The first-order chi connectivity index (χ1) is 6.11. The summed E-state index contributed by atoms with van der Waals surface area (Å²) in [4.78, 5) is 0. The lowest BCUT2D eigenvalue weighted by atomic mass is 9.79. The third kappa shape index (κ3) is 3.80. The first kappa shape index (κ1) is 12.5. The van der Waals surface area contributed by atoms with Gasteiger partial charge in [0.1, 0.15) is 0 Å². The molecule has 0 N–H and O–H groups in total. The minimum Gasteiger partial charge on any atom is -0.0998 e. The minimum atomic E-state index is 0.709. The molecule has 0 bridgehead atoms. The van der Waals surface area contributed by atoms with E-state index in [0.29, 0.717) is 5.92 Å². The summed E-state index contributed by atoms with van der Waals surface area (Å²) in [7, 11) is 0. The molecule has 0 fully saturated rings. The number of hydrogen-bond donors (Lipinski definition) is 0. The van der Waals surface area contributed by atoms with Gasteiger partial charge in [0.05, 0.1) is 0 Å². The zero-order valence-corrected chi connectivity index (χ0v) is 9.85. The summed E-state index contributed by atoms with van der Waals surface area (Å²) in [5.74, 6) is 1.44. The highest BCUT2D eigenvalue weighted by Crippen LogP contribution is 2.32. The van der Waals surface area contributed by atoms with Crippen LogP contribution in [-0.4, -0.2) is 0 Å². The maximum absolute atomic E-state index is 4.02. The molecule has 1 aliphatic rings. The molecule has 0 amide bonds. The molecule has 0 radical (unpaired) electrons. The van der Waals surface area contributed by atoms with Gasteiger partial charge < -0.3 is 0 Å². The quantitative estimate of drug-likeness (QED) is 0.518. The molecule has 0 spiro atoms.